The van der Waals surface area contributed by atoms with Crippen LogP contribution in [-0.4, -0.2) is 36.9 Å². The van der Waals surface area contributed by atoms with Gasteiger partial charge in [-0.25, -0.2) is 8.42 Å². The first-order valence-corrected chi connectivity index (χ1v) is 8.62. The minimum absolute atomic E-state index is 0.162. The van der Waals surface area contributed by atoms with Gasteiger partial charge in [0, 0.05) is 19.5 Å². The summed E-state index contributed by atoms with van der Waals surface area (Å²) in [6, 6.07) is 6.93. The zero-order chi connectivity index (χ0) is 15.5. The lowest BCUT2D eigenvalue weighted by atomic mass is 9.93. The van der Waals surface area contributed by atoms with Crippen molar-refractivity contribution in [2.45, 2.75) is 37.5 Å². The van der Waals surface area contributed by atoms with Crippen molar-refractivity contribution in [1.29, 1.82) is 0 Å². The second-order valence-corrected chi connectivity index (χ2v) is 7.53. The maximum Gasteiger partial charge on any atom is 0.303 e. The highest BCUT2D eigenvalue weighted by Gasteiger charge is 2.29. The number of benzene rings is 1. The molecule has 1 aliphatic heterocycles. The number of carboxylic acid groups (broad SMARTS) is 1. The Kier molecular flexibility index (Phi) is 5.00. The van der Waals surface area contributed by atoms with Gasteiger partial charge in [-0.3, -0.25) is 4.79 Å². The van der Waals surface area contributed by atoms with Crippen LogP contribution in [-0.2, 0) is 14.8 Å². The van der Waals surface area contributed by atoms with Crippen molar-refractivity contribution in [3.05, 3.63) is 29.8 Å². The average Bonchev–Trinajstić information content (AvgIpc) is 2.45. The monoisotopic (exact) mass is 311 g/mol. The zero-order valence-corrected chi connectivity index (χ0v) is 13.0. The summed E-state index contributed by atoms with van der Waals surface area (Å²) in [5, 5.41) is 8.69. The molecule has 6 heteroatoms. The number of rotatable bonds is 5. The number of hydrogen-bond acceptors (Lipinski definition) is 3. The molecule has 5 nitrogen and oxygen atoms in total. The number of carbonyl (C=O) groups is 1. The summed E-state index contributed by atoms with van der Waals surface area (Å²) in [5.74, 6) is -0.477. The van der Waals surface area contributed by atoms with E-state index in [9.17, 15) is 13.2 Å². The molecule has 21 heavy (non-hydrogen) atoms. The van der Waals surface area contributed by atoms with E-state index in [-0.39, 0.29) is 6.42 Å². The zero-order valence-electron chi connectivity index (χ0n) is 12.2. The van der Waals surface area contributed by atoms with Gasteiger partial charge in [0.2, 0.25) is 10.0 Å². The maximum atomic E-state index is 12.5. The van der Waals surface area contributed by atoms with Gasteiger partial charge >= 0.3 is 5.97 Å². The average molecular weight is 311 g/mol. The molecule has 0 unspecified atom stereocenters. The first-order chi connectivity index (χ1) is 9.89. The number of aryl methyl sites for hydroxylation is 1. The molecule has 1 heterocycles. The van der Waals surface area contributed by atoms with E-state index in [0.717, 1.165) is 18.4 Å². The molecule has 2 rings (SSSR count). The lowest BCUT2D eigenvalue weighted by Crippen LogP contribution is -2.38. The Morgan fingerprint density at radius 1 is 1.33 bits per heavy atom. The molecule has 1 saturated heterocycles. The van der Waals surface area contributed by atoms with E-state index in [1.807, 2.05) is 13.0 Å². The van der Waals surface area contributed by atoms with E-state index in [1.165, 1.54) is 4.31 Å². The Balaban J connectivity index is 1.99. The fraction of sp³-hybridized carbons (Fsp3) is 0.533. The van der Waals surface area contributed by atoms with Crippen molar-refractivity contribution in [3.8, 4) is 0 Å². The van der Waals surface area contributed by atoms with Gasteiger partial charge in [0.15, 0.2) is 0 Å². The van der Waals surface area contributed by atoms with Crippen LogP contribution in [0.5, 0.6) is 0 Å². The molecule has 1 fully saturated rings. The summed E-state index contributed by atoms with van der Waals surface area (Å²) >= 11 is 0. The summed E-state index contributed by atoms with van der Waals surface area (Å²) in [4.78, 5) is 10.9. The fourth-order valence-electron chi connectivity index (χ4n) is 2.69. The summed E-state index contributed by atoms with van der Waals surface area (Å²) < 4.78 is 26.6. The molecule has 0 spiro atoms. The molecule has 0 aromatic heterocycles. The number of hydrogen-bond donors (Lipinski definition) is 1. The van der Waals surface area contributed by atoms with Crippen LogP contribution in [0, 0.1) is 12.8 Å². The van der Waals surface area contributed by atoms with Gasteiger partial charge in [0.25, 0.3) is 0 Å². The third-order valence-electron chi connectivity index (χ3n) is 3.97. The van der Waals surface area contributed by atoms with Crippen LogP contribution in [0.1, 0.15) is 31.2 Å². The molecule has 0 radical (unpaired) electrons. The normalized spacial score (nSPS) is 17.8. The van der Waals surface area contributed by atoms with Gasteiger partial charge in [-0.05, 0) is 49.8 Å². The summed E-state index contributed by atoms with van der Waals surface area (Å²) in [6.07, 6.45) is 2.26. The highest BCUT2D eigenvalue weighted by Crippen LogP contribution is 2.26. The van der Waals surface area contributed by atoms with E-state index in [0.29, 0.717) is 30.3 Å². The van der Waals surface area contributed by atoms with E-state index in [2.05, 4.69) is 0 Å². The number of piperidine rings is 1. The van der Waals surface area contributed by atoms with Crippen LogP contribution >= 0.6 is 0 Å². The standard InChI is InChI=1S/C15H21NO4S/c1-12-3-2-4-14(11-12)21(19,20)16-9-7-13(8-10-16)5-6-15(17)18/h2-4,11,13H,5-10H2,1H3,(H,17,18). The lowest BCUT2D eigenvalue weighted by Gasteiger charge is -2.31. The van der Waals surface area contributed by atoms with Crippen LogP contribution in [0.4, 0.5) is 0 Å². The van der Waals surface area contributed by atoms with Crippen LogP contribution < -0.4 is 0 Å². The molecular weight excluding hydrogens is 290 g/mol. The van der Waals surface area contributed by atoms with Gasteiger partial charge in [0.1, 0.15) is 0 Å². The highest BCUT2D eigenvalue weighted by atomic mass is 32.2. The Morgan fingerprint density at radius 3 is 2.57 bits per heavy atom. The number of carboxylic acids is 1. The van der Waals surface area contributed by atoms with Gasteiger partial charge < -0.3 is 5.11 Å². The summed E-state index contributed by atoms with van der Waals surface area (Å²) in [6.45, 7) is 2.82. The molecule has 1 aromatic carbocycles. The molecule has 0 atom stereocenters. The lowest BCUT2D eigenvalue weighted by molar-refractivity contribution is -0.137. The molecule has 0 amide bonds. The molecule has 0 bridgehead atoms. The van der Waals surface area contributed by atoms with Crippen molar-refractivity contribution in [3.63, 3.8) is 0 Å². The van der Waals surface area contributed by atoms with Gasteiger partial charge in [-0.2, -0.15) is 4.31 Å². The number of sulfonamides is 1. The summed E-state index contributed by atoms with van der Waals surface area (Å²) in [7, 11) is -3.42. The van der Waals surface area contributed by atoms with Gasteiger partial charge in [-0.15, -0.1) is 0 Å². The van der Waals surface area contributed by atoms with E-state index in [4.69, 9.17) is 5.11 Å². The third-order valence-corrected chi connectivity index (χ3v) is 5.86. The van der Waals surface area contributed by atoms with E-state index in [1.54, 1.807) is 18.2 Å². The van der Waals surface area contributed by atoms with Crippen LogP contribution in [0.2, 0.25) is 0 Å². The minimum atomic E-state index is -3.42. The molecular formula is C15H21NO4S. The highest BCUT2D eigenvalue weighted by molar-refractivity contribution is 7.89. The molecule has 0 aliphatic carbocycles. The Morgan fingerprint density at radius 2 is 2.00 bits per heavy atom. The Hall–Kier alpha value is -1.40. The summed E-state index contributed by atoms with van der Waals surface area (Å²) in [5.41, 5.74) is 0.924. The topological polar surface area (TPSA) is 74.7 Å². The predicted molar refractivity (Wildman–Crippen MR) is 79.5 cm³/mol. The molecule has 1 N–H and O–H groups in total. The smallest absolute Gasteiger partial charge is 0.303 e. The van der Waals surface area contributed by atoms with E-state index >= 15 is 0 Å². The van der Waals surface area contributed by atoms with Crippen LogP contribution in [0.3, 0.4) is 0 Å². The van der Waals surface area contributed by atoms with Gasteiger partial charge in [-0.1, -0.05) is 12.1 Å². The van der Waals surface area contributed by atoms with Crippen LogP contribution in [0.25, 0.3) is 0 Å². The van der Waals surface area contributed by atoms with E-state index < -0.39 is 16.0 Å². The maximum absolute atomic E-state index is 12.5. The molecule has 1 aliphatic rings. The van der Waals surface area contributed by atoms with Crippen molar-refractivity contribution in [1.82, 2.24) is 4.31 Å². The van der Waals surface area contributed by atoms with Crippen molar-refractivity contribution in [2.75, 3.05) is 13.1 Å². The Labute approximate surface area is 125 Å². The fourth-order valence-corrected chi connectivity index (χ4v) is 4.27. The Bertz CT molecular complexity index is 604. The number of aliphatic carboxylic acids is 1. The quantitative estimate of drug-likeness (QED) is 0.905. The first-order valence-electron chi connectivity index (χ1n) is 7.18. The second-order valence-electron chi connectivity index (χ2n) is 5.60. The van der Waals surface area contributed by atoms with Crippen LogP contribution in [0.15, 0.2) is 29.2 Å². The predicted octanol–water partition coefficient (Wildman–Crippen LogP) is 2.26. The molecule has 0 saturated carbocycles. The SMILES string of the molecule is Cc1cccc(S(=O)(=O)N2CCC(CCC(=O)O)CC2)c1. The van der Waals surface area contributed by atoms with Crippen molar-refractivity contribution >= 4 is 16.0 Å². The number of nitrogens with zero attached hydrogens (tertiary/aromatic N) is 1. The third kappa shape index (κ3) is 4.04. The second kappa shape index (κ2) is 6.58. The van der Waals surface area contributed by atoms with Crippen molar-refractivity contribution < 1.29 is 18.3 Å². The largest absolute Gasteiger partial charge is 0.481 e. The minimum Gasteiger partial charge on any atom is -0.481 e. The van der Waals surface area contributed by atoms with Crippen molar-refractivity contribution in [2.24, 2.45) is 5.92 Å². The molecule has 1 aromatic rings. The first kappa shape index (κ1) is 16.0. The van der Waals surface area contributed by atoms with Gasteiger partial charge in [0.05, 0.1) is 4.90 Å². The molecule has 116 valence electrons.